The molecule has 0 aromatic carbocycles. The van der Waals surface area contributed by atoms with Crippen LogP contribution in [0.2, 0.25) is 0 Å². The normalized spacial score (nSPS) is 29.9. The van der Waals surface area contributed by atoms with Crippen LogP contribution in [0.15, 0.2) is 0 Å². The van der Waals surface area contributed by atoms with Crippen LogP contribution < -0.4 is 10.6 Å². The molecule has 1 aliphatic carbocycles. The van der Waals surface area contributed by atoms with Gasteiger partial charge in [0.15, 0.2) is 0 Å². The van der Waals surface area contributed by atoms with Crippen LogP contribution in [0.1, 0.15) is 39.0 Å². The van der Waals surface area contributed by atoms with Crippen molar-refractivity contribution in [1.29, 1.82) is 0 Å². The van der Waals surface area contributed by atoms with Gasteiger partial charge in [0, 0.05) is 19.1 Å². The van der Waals surface area contributed by atoms with E-state index in [0.717, 1.165) is 25.7 Å². The minimum Gasteiger partial charge on any atom is -0.343 e. The quantitative estimate of drug-likeness (QED) is 0.719. The van der Waals surface area contributed by atoms with E-state index in [-0.39, 0.29) is 30.4 Å². The number of carbonyl (C=O) groups excluding carboxylic acids is 3. The second kappa shape index (κ2) is 6.14. The van der Waals surface area contributed by atoms with Gasteiger partial charge in [-0.25, -0.2) is 4.79 Å². The van der Waals surface area contributed by atoms with Gasteiger partial charge in [0.1, 0.15) is 12.1 Å². The van der Waals surface area contributed by atoms with E-state index in [1.165, 1.54) is 6.42 Å². The Morgan fingerprint density at radius 3 is 2.64 bits per heavy atom. The fourth-order valence-corrected chi connectivity index (χ4v) is 3.59. The third-order valence-electron chi connectivity index (χ3n) is 4.92. The monoisotopic (exact) mass is 308 g/mol. The van der Waals surface area contributed by atoms with E-state index in [1.54, 1.807) is 16.7 Å². The molecule has 0 aromatic rings. The second-order valence-electron chi connectivity index (χ2n) is 6.51. The van der Waals surface area contributed by atoms with Gasteiger partial charge in [-0.1, -0.05) is 19.3 Å². The van der Waals surface area contributed by atoms with Crippen LogP contribution in [0.4, 0.5) is 4.79 Å². The first kappa shape index (κ1) is 15.1. The molecule has 22 heavy (non-hydrogen) atoms. The standard InChI is InChI=1S/C15H24N4O3/c1-10-14(21)19-8-7-18(9-12(19)13(20)16-10)15(22)17-11-5-3-2-4-6-11/h10-12H,2-9H2,1H3,(H,16,20)(H,17,22)/t10-,12+/m0/s1. The molecule has 4 amide bonds. The van der Waals surface area contributed by atoms with Crippen molar-refractivity contribution in [2.24, 2.45) is 0 Å². The van der Waals surface area contributed by atoms with Crippen molar-refractivity contribution in [3.8, 4) is 0 Å². The summed E-state index contributed by atoms with van der Waals surface area (Å²) in [7, 11) is 0. The average molecular weight is 308 g/mol. The highest BCUT2D eigenvalue weighted by Crippen LogP contribution is 2.19. The van der Waals surface area contributed by atoms with Gasteiger partial charge in [-0.15, -0.1) is 0 Å². The lowest BCUT2D eigenvalue weighted by molar-refractivity contribution is -0.151. The van der Waals surface area contributed by atoms with Crippen molar-refractivity contribution in [1.82, 2.24) is 20.4 Å². The lowest BCUT2D eigenvalue weighted by Gasteiger charge is -2.44. The summed E-state index contributed by atoms with van der Waals surface area (Å²) >= 11 is 0. The molecule has 2 atom stereocenters. The van der Waals surface area contributed by atoms with Crippen molar-refractivity contribution >= 4 is 17.8 Å². The molecule has 0 bridgehead atoms. The first-order chi connectivity index (χ1) is 10.6. The molecular formula is C15H24N4O3. The van der Waals surface area contributed by atoms with Crippen LogP contribution in [0.25, 0.3) is 0 Å². The molecule has 7 heteroatoms. The summed E-state index contributed by atoms with van der Waals surface area (Å²) in [4.78, 5) is 39.8. The molecule has 2 heterocycles. The molecular weight excluding hydrogens is 284 g/mol. The maximum absolute atomic E-state index is 12.4. The van der Waals surface area contributed by atoms with E-state index in [9.17, 15) is 14.4 Å². The molecule has 0 aromatic heterocycles. The molecule has 0 spiro atoms. The van der Waals surface area contributed by atoms with Crippen LogP contribution in [0.5, 0.6) is 0 Å². The fourth-order valence-electron chi connectivity index (χ4n) is 3.59. The van der Waals surface area contributed by atoms with Crippen molar-refractivity contribution in [2.45, 2.75) is 57.2 Å². The zero-order valence-electron chi connectivity index (χ0n) is 13.0. The van der Waals surface area contributed by atoms with Gasteiger partial charge in [-0.05, 0) is 19.8 Å². The molecule has 3 rings (SSSR count). The Hall–Kier alpha value is -1.79. The summed E-state index contributed by atoms with van der Waals surface area (Å²) in [5.41, 5.74) is 0. The van der Waals surface area contributed by atoms with Crippen LogP contribution in [0, 0.1) is 0 Å². The summed E-state index contributed by atoms with van der Waals surface area (Å²) in [6.45, 7) is 2.89. The maximum atomic E-state index is 12.4. The second-order valence-corrected chi connectivity index (χ2v) is 6.51. The van der Waals surface area contributed by atoms with Gasteiger partial charge >= 0.3 is 6.03 Å². The number of urea groups is 1. The lowest BCUT2D eigenvalue weighted by Crippen LogP contribution is -2.69. The van der Waals surface area contributed by atoms with Crippen LogP contribution >= 0.6 is 0 Å². The van der Waals surface area contributed by atoms with Crippen LogP contribution in [0.3, 0.4) is 0 Å². The topological polar surface area (TPSA) is 81.8 Å². The number of carbonyl (C=O) groups is 3. The molecule has 0 radical (unpaired) electrons. The Morgan fingerprint density at radius 1 is 1.18 bits per heavy atom. The number of amides is 4. The first-order valence-corrected chi connectivity index (χ1v) is 8.22. The van der Waals surface area contributed by atoms with E-state index in [0.29, 0.717) is 13.1 Å². The number of fused-ring (bicyclic) bond motifs is 1. The number of hydrogen-bond donors (Lipinski definition) is 2. The SMILES string of the molecule is C[C@@H]1NC(=O)[C@H]2CN(C(=O)NC3CCCCC3)CCN2C1=O. The molecule has 2 N–H and O–H groups in total. The van der Waals surface area contributed by atoms with Crippen LogP contribution in [-0.4, -0.2) is 65.4 Å². The predicted octanol–water partition coefficient (Wildman–Crippen LogP) is 0.0598. The maximum Gasteiger partial charge on any atom is 0.317 e. The minimum atomic E-state index is -0.547. The summed E-state index contributed by atoms with van der Waals surface area (Å²) < 4.78 is 0. The third kappa shape index (κ3) is 2.89. The van der Waals surface area contributed by atoms with Crippen molar-refractivity contribution in [3.05, 3.63) is 0 Å². The average Bonchev–Trinajstić information content (AvgIpc) is 2.53. The highest BCUT2D eigenvalue weighted by atomic mass is 16.2. The largest absolute Gasteiger partial charge is 0.343 e. The van der Waals surface area contributed by atoms with Gasteiger partial charge in [0.05, 0.1) is 6.54 Å². The van der Waals surface area contributed by atoms with Gasteiger partial charge in [-0.2, -0.15) is 0 Å². The highest BCUT2D eigenvalue weighted by molar-refractivity contribution is 5.97. The summed E-state index contributed by atoms with van der Waals surface area (Å²) in [6.07, 6.45) is 5.64. The lowest BCUT2D eigenvalue weighted by atomic mass is 9.96. The van der Waals surface area contributed by atoms with Gasteiger partial charge < -0.3 is 20.4 Å². The number of nitrogens with zero attached hydrogens (tertiary/aromatic N) is 2. The van der Waals surface area contributed by atoms with Gasteiger partial charge in [0.25, 0.3) is 0 Å². The molecule has 3 fully saturated rings. The van der Waals surface area contributed by atoms with Crippen molar-refractivity contribution in [3.63, 3.8) is 0 Å². The summed E-state index contributed by atoms with van der Waals surface area (Å²) in [5, 5.41) is 5.75. The Balaban J connectivity index is 1.59. The number of rotatable bonds is 1. The summed E-state index contributed by atoms with van der Waals surface area (Å²) in [5.74, 6) is -0.223. The van der Waals surface area contributed by atoms with E-state index < -0.39 is 12.1 Å². The Kier molecular flexibility index (Phi) is 4.22. The van der Waals surface area contributed by atoms with Gasteiger partial charge in [0.2, 0.25) is 11.8 Å². The first-order valence-electron chi connectivity index (χ1n) is 8.22. The van der Waals surface area contributed by atoms with E-state index in [2.05, 4.69) is 10.6 Å². The zero-order valence-corrected chi connectivity index (χ0v) is 13.0. The number of nitrogens with one attached hydrogen (secondary N) is 2. The molecule has 2 aliphatic heterocycles. The van der Waals surface area contributed by atoms with E-state index in [1.807, 2.05) is 0 Å². The smallest absolute Gasteiger partial charge is 0.317 e. The highest BCUT2D eigenvalue weighted by Gasteiger charge is 2.42. The third-order valence-corrected chi connectivity index (χ3v) is 4.92. The molecule has 0 unspecified atom stereocenters. The Morgan fingerprint density at radius 2 is 1.91 bits per heavy atom. The van der Waals surface area contributed by atoms with Crippen molar-refractivity contribution < 1.29 is 14.4 Å². The van der Waals surface area contributed by atoms with Crippen molar-refractivity contribution in [2.75, 3.05) is 19.6 Å². The minimum absolute atomic E-state index is 0.0584. The van der Waals surface area contributed by atoms with E-state index in [4.69, 9.17) is 0 Å². The summed E-state index contributed by atoms with van der Waals surface area (Å²) in [6, 6.07) is -0.868. The fraction of sp³-hybridized carbons (Fsp3) is 0.800. The molecule has 7 nitrogen and oxygen atoms in total. The molecule has 1 saturated carbocycles. The molecule has 2 saturated heterocycles. The number of hydrogen-bond acceptors (Lipinski definition) is 3. The molecule has 3 aliphatic rings. The number of piperazine rings is 2. The predicted molar refractivity (Wildman–Crippen MR) is 80.1 cm³/mol. The Labute approximate surface area is 130 Å². The van der Waals surface area contributed by atoms with Crippen LogP contribution in [-0.2, 0) is 9.59 Å². The molecule has 122 valence electrons. The zero-order chi connectivity index (χ0) is 15.7. The van der Waals surface area contributed by atoms with Gasteiger partial charge in [-0.3, -0.25) is 9.59 Å². The Bertz CT molecular complexity index is 475. The van der Waals surface area contributed by atoms with E-state index >= 15 is 0 Å².